The highest BCUT2D eigenvalue weighted by Crippen LogP contribution is 2.40. The molecule has 2 rings (SSSR count). The number of carbonyl (C=O) groups is 1. The first-order valence-electron chi connectivity index (χ1n) is 8.93. The van der Waals surface area contributed by atoms with Crippen LogP contribution in [0.5, 0.6) is 17.2 Å². The molecule has 0 fully saturated rings. The number of nitrogens with zero attached hydrogens (tertiary/aromatic N) is 1. The summed E-state index contributed by atoms with van der Waals surface area (Å²) in [6.07, 6.45) is 0. The number of carbonyl (C=O) groups excluding carboxylic acids is 1. The summed E-state index contributed by atoms with van der Waals surface area (Å²) < 4.78 is 16.3. The van der Waals surface area contributed by atoms with Crippen LogP contribution in [-0.4, -0.2) is 38.7 Å². The second-order valence-electron chi connectivity index (χ2n) is 7.59. The molecule has 5 heteroatoms. The molecule has 0 heterocycles. The number of amides is 1. The molecule has 27 heavy (non-hydrogen) atoms. The van der Waals surface area contributed by atoms with E-state index >= 15 is 0 Å². The lowest BCUT2D eigenvalue weighted by atomic mass is 9.95. The number of ether oxygens (including phenoxy) is 3. The maximum absolute atomic E-state index is 13.4. The van der Waals surface area contributed by atoms with Crippen molar-refractivity contribution in [2.75, 3.05) is 27.9 Å². The van der Waals surface area contributed by atoms with Gasteiger partial charge in [-0.25, -0.2) is 0 Å². The molecule has 0 saturated carbocycles. The summed E-state index contributed by atoms with van der Waals surface area (Å²) in [4.78, 5) is 15.3. The standard InChI is InChI=1S/C22H29NO4/c1-22(2,3)15-23(14-16-10-8-7-9-11-16)21(24)17-12-13-18(25-4)20(27-6)19(17)26-5/h7-13H,14-15H2,1-6H3. The van der Waals surface area contributed by atoms with Crippen molar-refractivity contribution in [1.29, 1.82) is 0 Å². The molecule has 0 radical (unpaired) electrons. The highest BCUT2D eigenvalue weighted by atomic mass is 16.5. The van der Waals surface area contributed by atoms with Crippen LogP contribution in [0.15, 0.2) is 42.5 Å². The van der Waals surface area contributed by atoms with Crippen LogP contribution in [0.3, 0.4) is 0 Å². The first-order chi connectivity index (χ1) is 12.8. The van der Waals surface area contributed by atoms with E-state index < -0.39 is 0 Å². The van der Waals surface area contributed by atoms with Crippen LogP contribution < -0.4 is 14.2 Å². The molecule has 0 aliphatic carbocycles. The summed E-state index contributed by atoms with van der Waals surface area (Å²) in [6.45, 7) is 7.48. The molecule has 2 aromatic carbocycles. The fourth-order valence-corrected chi connectivity index (χ4v) is 3.02. The van der Waals surface area contributed by atoms with Gasteiger partial charge in [0, 0.05) is 13.1 Å². The van der Waals surface area contributed by atoms with Gasteiger partial charge in [0.1, 0.15) is 0 Å². The van der Waals surface area contributed by atoms with E-state index in [1.54, 1.807) is 19.2 Å². The van der Waals surface area contributed by atoms with Gasteiger partial charge in [0.25, 0.3) is 5.91 Å². The molecule has 0 atom stereocenters. The van der Waals surface area contributed by atoms with Gasteiger partial charge < -0.3 is 19.1 Å². The average molecular weight is 371 g/mol. The van der Waals surface area contributed by atoms with Gasteiger partial charge in [-0.3, -0.25) is 4.79 Å². The lowest BCUT2D eigenvalue weighted by molar-refractivity contribution is 0.0675. The zero-order valence-corrected chi connectivity index (χ0v) is 17.0. The lowest BCUT2D eigenvalue weighted by Crippen LogP contribution is -2.37. The van der Waals surface area contributed by atoms with Crippen molar-refractivity contribution in [1.82, 2.24) is 4.90 Å². The van der Waals surface area contributed by atoms with Crippen LogP contribution in [0.4, 0.5) is 0 Å². The van der Waals surface area contributed by atoms with Gasteiger partial charge in [-0.05, 0) is 23.1 Å². The Balaban J connectivity index is 2.45. The molecule has 0 aliphatic rings. The molecule has 0 spiro atoms. The van der Waals surface area contributed by atoms with Crippen LogP contribution in [-0.2, 0) is 6.54 Å². The molecular weight excluding hydrogens is 342 g/mol. The quantitative estimate of drug-likeness (QED) is 0.724. The highest BCUT2D eigenvalue weighted by Gasteiger charge is 2.27. The molecule has 0 bridgehead atoms. The molecule has 0 aliphatic heterocycles. The fraction of sp³-hybridized carbons (Fsp3) is 0.409. The molecule has 2 aromatic rings. The monoisotopic (exact) mass is 371 g/mol. The molecule has 0 N–H and O–H groups in total. The molecule has 1 amide bonds. The minimum Gasteiger partial charge on any atom is -0.493 e. The summed E-state index contributed by atoms with van der Waals surface area (Å²) in [5, 5.41) is 0. The largest absolute Gasteiger partial charge is 0.493 e. The Kier molecular flexibility index (Phi) is 6.72. The van der Waals surface area contributed by atoms with Crippen molar-refractivity contribution in [3.63, 3.8) is 0 Å². The van der Waals surface area contributed by atoms with Gasteiger partial charge in [-0.1, -0.05) is 51.1 Å². The second kappa shape index (κ2) is 8.80. The third-order valence-electron chi connectivity index (χ3n) is 4.10. The topological polar surface area (TPSA) is 48.0 Å². The molecule has 0 saturated heterocycles. The molecule has 146 valence electrons. The van der Waals surface area contributed by atoms with Crippen LogP contribution in [0.25, 0.3) is 0 Å². The molecule has 0 aromatic heterocycles. The fourth-order valence-electron chi connectivity index (χ4n) is 3.02. The predicted octanol–water partition coefficient (Wildman–Crippen LogP) is 4.40. The van der Waals surface area contributed by atoms with Crippen LogP contribution in [0.2, 0.25) is 0 Å². The Morgan fingerprint density at radius 3 is 2.04 bits per heavy atom. The number of benzene rings is 2. The Bertz CT molecular complexity index is 766. The van der Waals surface area contributed by atoms with Crippen LogP contribution in [0.1, 0.15) is 36.7 Å². The third kappa shape index (κ3) is 5.16. The van der Waals surface area contributed by atoms with Crippen molar-refractivity contribution in [3.8, 4) is 17.2 Å². The van der Waals surface area contributed by atoms with Crippen molar-refractivity contribution in [2.24, 2.45) is 5.41 Å². The summed E-state index contributed by atoms with van der Waals surface area (Å²) in [7, 11) is 4.62. The van der Waals surface area contributed by atoms with Gasteiger partial charge in [-0.2, -0.15) is 0 Å². The number of methoxy groups -OCH3 is 3. The third-order valence-corrected chi connectivity index (χ3v) is 4.10. The van der Waals surface area contributed by atoms with Crippen LogP contribution in [0, 0.1) is 5.41 Å². The van der Waals surface area contributed by atoms with Crippen molar-refractivity contribution < 1.29 is 19.0 Å². The van der Waals surface area contributed by atoms with Gasteiger partial charge in [-0.15, -0.1) is 0 Å². The zero-order valence-electron chi connectivity index (χ0n) is 17.0. The maximum Gasteiger partial charge on any atom is 0.258 e. The van der Waals surface area contributed by atoms with E-state index in [2.05, 4.69) is 20.8 Å². The Morgan fingerprint density at radius 1 is 0.889 bits per heavy atom. The normalized spacial score (nSPS) is 11.0. The molecule has 0 unspecified atom stereocenters. The van der Waals surface area contributed by atoms with E-state index in [0.717, 1.165) is 5.56 Å². The first-order valence-corrected chi connectivity index (χ1v) is 8.93. The minimum atomic E-state index is -0.105. The summed E-state index contributed by atoms with van der Waals surface area (Å²) in [5.74, 6) is 1.22. The minimum absolute atomic E-state index is 0.0474. The van der Waals surface area contributed by atoms with Gasteiger partial charge in [0.05, 0.1) is 26.9 Å². The lowest BCUT2D eigenvalue weighted by Gasteiger charge is -2.31. The van der Waals surface area contributed by atoms with E-state index in [1.807, 2.05) is 35.2 Å². The summed E-state index contributed by atoms with van der Waals surface area (Å²) >= 11 is 0. The zero-order chi connectivity index (χ0) is 20.0. The smallest absolute Gasteiger partial charge is 0.258 e. The maximum atomic E-state index is 13.4. The molecular formula is C22H29NO4. The summed E-state index contributed by atoms with van der Waals surface area (Å²) in [6, 6.07) is 13.4. The Morgan fingerprint density at radius 2 is 1.52 bits per heavy atom. The van der Waals surface area contributed by atoms with E-state index in [-0.39, 0.29) is 11.3 Å². The second-order valence-corrected chi connectivity index (χ2v) is 7.59. The van der Waals surface area contributed by atoms with Gasteiger partial charge >= 0.3 is 0 Å². The number of hydrogen-bond donors (Lipinski definition) is 0. The van der Waals surface area contributed by atoms with Gasteiger partial charge in [0.15, 0.2) is 11.5 Å². The van der Waals surface area contributed by atoms with Crippen molar-refractivity contribution in [2.45, 2.75) is 27.3 Å². The average Bonchev–Trinajstić information content (AvgIpc) is 2.65. The van der Waals surface area contributed by atoms with E-state index in [1.165, 1.54) is 14.2 Å². The predicted molar refractivity (Wildman–Crippen MR) is 107 cm³/mol. The number of rotatable bonds is 7. The van der Waals surface area contributed by atoms with Crippen molar-refractivity contribution >= 4 is 5.91 Å². The SMILES string of the molecule is COc1ccc(C(=O)N(Cc2ccccc2)CC(C)(C)C)c(OC)c1OC. The Hall–Kier alpha value is -2.69. The van der Waals surface area contributed by atoms with Crippen molar-refractivity contribution in [3.05, 3.63) is 53.6 Å². The first kappa shape index (κ1) is 20.6. The summed E-state index contributed by atoms with van der Waals surface area (Å²) in [5.41, 5.74) is 1.48. The van der Waals surface area contributed by atoms with E-state index in [4.69, 9.17) is 14.2 Å². The van der Waals surface area contributed by atoms with E-state index in [0.29, 0.717) is 35.9 Å². The van der Waals surface area contributed by atoms with E-state index in [9.17, 15) is 4.79 Å². The Labute approximate surface area is 161 Å². The number of hydrogen-bond acceptors (Lipinski definition) is 4. The highest BCUT2D eigenvalue weighted by molar-refractivity contribution is 5.98. The van der Waals surface area contributed by atoms with Gasteiger partial charge in [0.2, 0.25) is 5.75 Å². The molecule has 5 nitrogen and oxygen atoms in total. The van der Waals surface area contributed by atoms with Crippen LogP contribution >= 0.6 is 0 Å².